The van der Waals surface area contributed by atoms with Gasteiger partial charge in [-0.05, 0) is 30.9 Å². The van der Waals surface area contributed by atoms with Gasteiger partial charge in [0.05, 0.1) is 10.0 Å². The van der Waals surface area contributed by atoms with Crippen molar-refractivity contribution in [2.24, 2.45) is 11.7 Å². The summed E-state index contributed by atoms with van der Waals surface area (Å²) in [5.74, 6) is 0.115. The van der Waals surface area contributed by atoms with E-state index in [1.807, 2.05) is 0 Å². The van der Waals surface area contributed by atoms with Crippen LogP contribution in [0.1, 0.15) is 34.9 Å². The summed E-state index contributed by atoms with van der Waals surface area (Å²) in [5.41, 5.74) is 7.32. The molecule has 1 aliphatic heterocycles. The number of rotatable bonds is 3. The number of likely N-dealkylation sites (tertiary alicyclic amines) is 1. The maximum absolute atomic E-state index is 12.3. The molecule has 0 saturated carbocycles. The number of amides is 1. The third-order valence-corrected chi connectivity index (χ3v) is 5.21. The molecule has 0 spiro atoms. The van der Waals surface area contributed by atoms with Gasteiger partial charge in [0.2, 0.25) is 0 Å². The Hall–Kier alpha value is -1.76. The number of phenols is 1. The van der Waals surface area contributed by atoms with Gasteiger partial charge in [-0.1, -0.05) is 23.2 Å². The maximum atomic E-state index is 12.3. The van der Waals surface area contributed by atoms with E-state index in [1.54, 1.807) is 23.2 Å². The third-order valence-electron chi connectivity index (χ3n) is 4.48. The Morgan fingerprint density at radius 3 is 2.62 bits per heavy atom. The van der Waals surface area contributed by atoms with Gasteiger partial charge in [0, 0.05) is 37.0 Å². The van der Waals surface area contributed by atoms with Gasteiger partial charge in [0.15, 0.2) is 0 Å². The number of carbonyl (C=O) groups excluding carboxylic acids is 1. The molecule has 2 aromatic rings. The van der Waals surface area contributed by atoms with Gasteiger partial charge in [-0.2, -0.15) is 5.10 Å². The first-order valence-corrected chi connectivity index (χ1v) is 8.45. The summed E-state index contributed by atoms with van der Waals surface area (Å²) >= 11 is 11.9. The number of carbonyl (C=O) groups is 1. The zero-order valence-electron chi connectivity index (χ0n) is 12.9. The first-order valence-electron chi connectivity index (χ1n) is 7.70. The van der Waals surface area contributed by atoms with Gasteiger partial charge in [0.1, 0.15) is 11.4 Å². The van der Waals surface area contributed by atoms with E-state index in [2.05, 4.69) is 10.2 Å². The van der Waals surface area contributed by atoms with Crippen LogP contribution in [-0.4, -0.2) is 39.2 Å². The number of phenolic OH excluding ortho intramolecular Hbond substituents is 1. The smallest absolute Gasteiger partial charge is 0.274 e. The number of hydrogen-bond donors (Lipinski definition) is 3. The van der Waals surface area contributed by atoms with Crippen LogP contribution in [0.4, 0.5) is 0 Å². The lowest BCUT2D eigenvalue weighted by atomic mass is 9.85. The molecule has 1 aromatic carbocycles. The van der Waals surface area contributed by atoms with Crippen LogP contribution in [0, 0.1) is 5.92 Å². The molecule has 4 N–H and O–H groups in total. The van der Waals surface area contributed by atoms with Crippen molar-refractivity contribution in [3.8, 4) is 5.75 Å². The molecule has 8 heteroatoms. The van der Waals surface area contributed by atoms with Gasteiger partial charge in [-0.15, -0.1) is 0 Å². The summed E-state index contributed by atoms with van der Waals surface area (Å²) in [5, 5.41) is 17.3. The highest BCUT2D eigenvalue weighted by atomic mass is 35.5. The Morgan fingerprint density at radius 1 is 1.33 bits per heavy atom. The van der Waals surface area contributed by atoms with E-state index in [-0.39, 0.29) is 23.6 Å². The van der Waals surface area contributed by atoms with E-state index in [9.17, 15) is 9.90 Å². The number of aromatic hydroxyl groups is 1. The molecule has 0 bridgehead atoms. The van der Waals surface area contributed by atoms with Crippen molar-refractivity contribution in [1.29, 1.82) is 0 Å². The van der Waals surface area contributed by atoms with Crippen LogP contribution < -0.4 is 5.73 Å². The minimum absolute atomic E-state index is 0.0481. The van der Waals surface area contributed by atoms with Crippen molar-refractivity contribution in [1.82, 2.24) is 15.1 Å². The summed E-state index contributed by atoms with van der Waals surface area (Å²) in [7, 11) is 0. The second-order valence-corrected chi connectivity index (χ2v) is 6.75. The molecule has 1 aliphatic rings. The van der Waals surface area contributed by atoms with Crippen LogP contribution in [-0.2, 0) is 0 Å². The zero-order chi connectivity index (χ0) is 17.3. The van der Waals surface area contributed by atoms with Crippen LogP contribution in [0.5, 0.6) is 5.75 Å². The number of hydrogen-bond acceptors (Lipinski definition) is 4. The minimum atomic E-state index is -0.359. The Kier molecular flexibility index (Phi) is 4.99. The first kappa shape index (κ1) is 17.1. The number of halogens is 2. The van der Waals surface area contributed by atoms with Crippen LogP contribution in [0.15, 0.2) is 24.4 Å². The largest absolute Gasteiger partial charge is 0.508 e. The lowest BCUT2D eigenvalue weighted by Gasteiger charge is -2.34. The Bertz CT molecular complexity index is 728. The summed E-state index contributed by atoms with van der Waals surface area (Å²) in [4.78, 5) is 14.1. The molecule has 2 heterocycles. The Morgan fingerprint density at radius 2 is 2.00 bits per heavy atom. The van der Waals surface area contributed by atoms with E-state index >= 15 is 0 Å². The third kappa shape index (κ3) is 3.36. The van der Waals surface area contributed by atoms with E-state index in [1.165, 1.54) is 6.07 Å². The number of aromatic amines is 1. The molecule has 1 saturated heterocycles. The number of nitrogens with one attached hydrogen (secondary N) is 1. The average Bonchev–Trinajstić information content (AvgIpc) is 3.11. The fraction of sp³-hybridized carbons (Fsp3) is 0.375. The fourth-order valence-electron chi connectivity index (χ4n) is 3.08. The molecule has 1 atom stereocenters. The van der Waals surface area contributed by atoms with Gasteiger partial charge in [-0.25, -0.2) is 0 Å². The Balaban J connectivity index is 1.66. The predicted octanol–water partition coefficient (Wildman–Crippen LogP) is 2.97. The molecule has 3 rings (SSSR count). The van der Waals surface area contributed by atoms with Gasteiger partial charge in [-0.3, -0.25) is 9.89 Å². The van der Waals surface area contributed by atoms with Gasteiger partial charge in [0.25, 0.3) is 5.91 Å². The standard InChI is InChI=1S/C16H18Cl2N4O2/c17-11-7-10(14(23)8-12(11)18)15(19)9-2-5-22(6-3-9)16(24)13-1-4-20-21-13/h1,4,7-9,15,23H,2-3,5-6,19H2,(H,20,21)/t15-/m1/s1. The highest BCUT2D eigenvalue weighted by Gasteiger charge is 2.29. The topological polar surface area (TPSA) is 95.2 Å². The normalized spacial score (nSPS) is 17.0. The van der Waals surface area contributed by atoms with Gasteiger partial charge >= 0.3 is 0 Å². The zero-order valence-corrected chi connectivity index (χ0v) is 14.4. The molecule has 0 radical (unpaired) electrons. The molecule has 0 unspecified atom stereocenters. The van der Waals surface area contributed by atoms with Crippen LogP contribution in [0.2, 0.25) is 10.0 Å². The van der Waals surface area contributed by atoms with Crippen molar-refractivity contribution in [3.63, 3.8) is 0 Å². The van der Waals surface area contributed by atoms with Crippen LogP contribution in [0.25, 0.3) is 0 Å². The molecule has 1 amide bonds. The lowest BCUT2D eigenvalue weighted by Crippen LogP contribution is -2.41. The molecule has 24 heavy (non-hydrogen) atoms. The summed E-state index contributed by atoms with van der Waals surface area (Å²) in [6.45, 7) is 1.21. The van der Waals surface area contributed by atoms with E-state index in [0.29, 0.717) is 34.4 Å². The van der Waals surface area contributed by atoms with Crippen molar-refractivity contribution in [2.45, 2.75) is 18.9 Å². The van der Waals surface area contributed by atoms with Crippen LogP contribution >= 0.6 is 23.2 Å². The summed E-state index contributed by atoms with van der Waals surface area (Å²) in [6, 6.07) is 4.33. The minimum Gasteiger partial charge on any atom is -0.508 e. The second kappa shape index (κ2) is 7.01. The lowest BCUT2D eigenvalue weighted by molar-refractivity contribution is 0.0671. The van der Waals surface area contributed by atoms with E-state index < -0.39 is 0 Å². The number of aromatic nitrogens is 2. The number of piperidine rings is 1. The molecule has 0 aliphatic carbocycles. The molecule has 1 aromatic heterocycles. The summed E-state index contributed by atoms with van der Waals surface area (Å²) < 4.78 is 0. The van der Waals surface area contributed by atoms with Crippen molar-refractivity contribution < 1.29 is 9.90 Å². The quantitative estimate of drug-likeness (QED) is 0.775. The van der Waals surface area contributed by atoms with Crippen molar-refractivity contribution in [2.75, 3.05) is 13.1 Å². The number of benzene rings is 1. The monoisotopic (exact) mass is 368 g/mol. The van der Waals surface area contributed by atoms with Crippen LogP contribution in [0.3, 0.4) is 0 Å². The second-order valence-electron chi connectivity index (χ2n) is 5.94. The predicted molar refractivity (Wildman–Crippen MR) is 92.3 cm³/mol. The number of nitrogens with zero attached hydrogens (tertiary/aromatic N) is 2. The number of nitrogens with two attached hydrogens (primary N) is 1. The first-order chi connectivity index (χ1) is 11.5. The average molecular weight is 369 g/mol. The van der Waals surface area contributed by atoms with Crippen molar-refractivity contribution in [3.05, 3.63) is 45.7 Å². The molecule has 6 nitrogen and oxygen atoms in total. The highest BCUT2D eigenvalue weighted by molar-refractivity contribution is 6.42. The fourth-order valence-corrected chi connectivity index (χ4v) is 3.41. The van der Waals surface area contributed by atoms with Crippen molar-refractivity contribution >= 4 is 29.1 Å². The molecule has 1 fully saturated rings. The molecular weight excluding hydrogens is 351 g/mol. The highest BCUT2D eigenvalue weighted by Crippen LogP contribution is 2.37. The molecule has 128 valence electrons. The maximum Gasteiger partial charge on any atom is 0.274 e. The SMILES string of the molecule is N[C@@H](c1cc(Cl)c(Cl)cc1O)C1CCN(C(=O)c2cc[nH]n2)CC1. The molecular formula is C16H18Cl2N4O2. The Labute approximate surface area is 149 Å². The summed E-state index contributed by atoms with van der Waals surface area (Å²) in [6.07, 6.45) is 3.12. The number of H-pyrrole nitrogens is 1. The van der Waals surface area contributed by atoms with E-state index in [4.69, 9.17) is 28.9 Å². The van der Waals surface area contributed by atoms with Gasteiger partial charge < -0.3 is 15.7 Å². The van der Waals surface area contributed by atoms with E-state index in [0.717, 1.165) is 12.8 Å².